The van der Waals surface area contributed by atoms with Crippen LogP contribution in [-0.4, -0.2) is 71.9 Å². The van der Waals surface area contributed by atoms with E-state index in [-0.39, 0.29) is 6.10 Å². The number of halogens is 1. The quantitative estimate of drug-likeness (QED) is 0.353. The van der Waals surface area contributed by atoms with Crippen LogP contribution in [0, 0.1) is 6.92 Å². The smallest absolute Gasteiger partial charge is 0.0712 e. The summed E-state index contributed by atoms with van der Waals surface area (Å²) in [4.78, 5) is 0. The average molecular weight is 284 g/mol. The summed E-state index contributed by atoms with van der Waals surface area (Å²) in [5.41, 5.74) is 0. The van der Waals surface area contributed by atoms with Crippen LogP contribution in [0.25, 0.3) is 0 Å². The van der Waals surface area contributed by atoms with Gasteiger partial charge in [-0.05, 0) is 6.92 Å². The molecule has 0 aromatic heterocycles. The number of hydrogen-bond acceptors (Lipinski definition) is 5. The molecular formula is C12H24ClO5. The lowest BCUT2D eigenvalue weighted by Crippen LogP contribution is -2.16. The first-order chi connectivity index (χ1) is 8.81. The van der Waals surface area contributed by atoms with E-state index in [1.54, 1.807) is 7.11 Å². The number of methoxy groups -OCH3 is 1. The van der Waals surface area contributed by atoms with Gasteiger partial charge in [0.1, 0.15) is 0 Å². The Hall–Kier alpha value is 0.0900. The Morgan fingerprint density at radius 3 is 1.72 bits per heavy atom. The normalized spacial score (nSPS) is 12.8. The van der Waals surface area contributed by atoms with Crippen LogP contribution in [0.2, 0.25) is 0 Å². The van der Waals surface area contributed by atoms with Gasteiger partial charge in [0.05, 0.1) is 59.0 Å². The average Bonchev–Trinajstić information content (AvgIpc) is 2.39. The molecule has 0 rings (SSSR count). The van der Waals surface area contributed by atoms with E-state index < -0.39 is 0 Å². The van der Waals surface area contributed by atoms with Crippen molar-refractivity contribution in [3.8, 4) is 0 Å². The number of ether oxygens (including phenoxy) is 5. The first-order valence-electron chi connectivity index (χ1n) is 6.04. The summed E-state index contributed by atoms with van der Waals surface area (Å²) in [7, 11) is 1.64. The molecule has 0 aliphatic rings. The van der Waals surface area contributed by atoms with Crippen LogP contribution in [0.5, 0.6) is 0 Å². The molecule has 1 atom stereocenters. The highest BCUT2D eigenvalue weighted by Crippen LogP contribution is 1.92. The van der Waals surface area contributed by atoms with Gasteiger partial charge in [-0.15, -0.1) is 11.6 Å². The van der Waals surface area contributed by atoms with E-state index in [9.17, 15) is 0 Å². The molecule has 0 N–H and O–H groups in total. The molecule has 0 bridgehead atoms. The van der Waals surface area contributed by atoms with E-state index in [1.807, 2.05) is 0 Å². The van der Waals surface area contributed by atoms with Crippen LogP contribution in [0.15, 0.2) is 0 Å². The summed E-state index contributed by atoms with van der Waals surface area (Å²) < 4.78 is 25.9. The minimum Gasteiger partial charge on any atom is -0.382 e. The second-order valence-electron chi connectivity index (χ2n) is 3.48. The maximum absolute atomic E-state index is 5.53. The van der Waals surface area contributed by atoms with E-state index >= 15 is 0 Å². The Morgan fingerprint density at radius 1 is 0.833 bits per heavy atom. The standard InChI is InChI=1S/C12H24ClO5/c1-12(11-13)18-10-9-17-8-7-16-6-5-15-4-3-14-2/h12H,1,3-11H2,2H3. The molecule has 109 valence electrons. The van der Waals surface area contributed by atoms with Crippen LogP contribution in [0.3, 0.4) is 0 Å². The van der Waals surface area contributed by atoms with Gasteiger partial charge in [0.15, 0.2) is 0 Å². The highest BCUT2D eigenvalue weighted by molar-refractivity contribution is 6.18. The summed E-state index contributed by atoms with van der Waals surface area (Å²) in [5.74, 6) is 0.395. The monoisotopic (exact) mass is 283 g/mol. The van der Waals surface area contributed by atoms with Gasteiger partial charge in [-0.1, -0.05) is 0 Å². The molecule has 0 aromatic carbocycles. The van der Waals surface area contributed by atoms with Crippen LogP contribution in [0.4, 0.5) is 0 Å². The van der Waals surface area contributed by atoms with Crippen LogP contribution < -0.4 is 0 Å². The third-order valence-corrected chi connectivity index (χ3v) is 2.27. The van der Waals surface area contributed by atoms with E-state index in [0.717, 1.165) is 0 Å². The van der Waals surface area contributed by atoms with Gasteiger partial charge in [0, 0.05) is 13.0 Å². The second-order valence-corrected chi connectivity index (χ2v) is 3.79. The summed E-state index contributed by atoms with van der Waals surface area (Å²) in [5, 5.41) is 0. The summed E-state index contributed by atoms with van der Waals surface area (Å²) in [6.45, 7) is 8.16. The van der Waals surface area contributed by atoms with E-state index in [1.165, 1.54) is 0 Å². The highest BCUT2D eigenvalue weighted by atomic mass is 35.5. The number of alkyl halides is 1. The van der Waals surface area contributed by atoms with Gasteiger partial charge in [-0.25, -0.2) is 0 Å². The van der Waals surface area contributed by atoms with Crippen LogP contribution >= 0.6 is 11.6 Å². The van der Waals surface area contributed by atoms with Crippen LogP contribution in [-0.2, 0) is 23.7 Å². The van der Waals surface area contributed by atoms with E-state index in [4.69, 9.17) is 35.3 Å². The minimum absolute atomic E-state index is 0.171. The van der Waals surface area contributed by atoms with E-state index in [2.05, 4.69) is 6.92 Å². The van der Waals surface area contributed by atoms with Crippen molar-refractivity contribution in [2.75, 3.05) is 65.8 Å². The molecule has 18 heavy (non-hydrogen) atoms. The first kappa shape index (κ1) is 18.1. The number of rotatable bonds is 14. The van der Waals surface area contributed by atoms with Gasteiger partial charge in [-0.2, -0.15) is 0 Å². The van der Waals surface area contributed by atoms with Crippen molar-refractivity contribution in [1.29, 1.82) is 0 Å². The third-order valence-electron chi connectivity index (χ3n) is 1.93. The van der Waals surface area contributed by atoms with Crippen LogP contribution in [0.1, 0.15) is 0 Å². The lowest BCUT2D eigenvalue weighted by molar-refractivity contribution is -0.0122. The molecule has 0 aromatic rings. The zero-order valence-electron chi connectivity index (χ0n) is 11.1. The summed E-state index contributed by atoms with van der Waals surface area (Å²) >= 11 is 5.53. The van der Waals surface area contributed by atoms with Crippen molar-refractivity contribution in [2.24, 2.45) is 0 Å². The van der Waals surface area contributed by atoms with E-state index in [0.29, 0.717) is 58.7 Å². The largest absolute Gasteiger partial charge is 0.382 e. The van der Waals surface area contributed by atoms with Gasteiger partial charge >= 0.3 is 0 Å². The van der Waals surface area contributed by atoms with Gasteiger partial charge in [-0.3, -0.25) is 0 Å². The van der Waals surface area contributed by atoms with Crippen molar-refractivity contribution in [2.45, 2.75) is 6.10 Å². The molecule has 0 aliphatic heterocycles. The van der Waals surface area contributed by atoms with Crippen molar-refractivity contribution in [3.63, 3.8) is 0 Å². The number of hydrogen-bond donors (Lipinski definition) is 0. The fourth-order valence-corrected chi connectivity index (χ4v) is 1.09. The third kappa shape index (κ3) is 14.2. The van der Waals surface area contributed by atoms with Crippen molar-refractivity contribution >= 4 is 11.6 Å². The molecular weight excluding hydrogens is 260 g/mol. The topological polar surface area (TPSA) is 46.2 Å². The Kier molecular flexibility index (Phi) is 15.2. The van der Waals surface area contributed by atoms with Crippen molar-refractivity contribution in [3.05, 3.63) is 6.92 Å². The zero-order chi connectivity index (χ0) is 13.5. The predicted molar refractivity (Wildman–Crippen MR) is 70.2 cm³/mol. The molecule has 5 nitrogen and oxygen atoms in total. The maximum Gasteiger partial charge on any atom is 0.0712 e. The molecule has 0 saturated heterocycles. The van der Waals surface area contributed by atoms with Crippen molar-refractivity contribution < 1.29 is 23.7 Å². The highest BCUT2D eigenvalue weighted by Gasteiger charge is 1.98. The summed E-state index contributed by atoms with van der Waals surface area (Å²) in [6.07, 6.45) is -0.171. The second kappa shape index (κ2) is 15.1. The SMILES string of the molecule is [CH2]C(CCl)OCCOCCOCCOCCOC. The molecule has 0 heterocycles. The predicted octanol–water partition coefficient (Wildman–Crippen LogP) is 1.14. The molecule has 0 saturated carbocycles. The maximum atomic E-state index is 5.53. The zero-order valence-corrected chi connectivity index (χ0v) is 11.8. The Labute approximate surface area is 115 Å². The van der Waals surface area contributed by atoms with Gasteiger partial charge in [0.25, 0.3) is 0 Å². The Bertz CT molecular complexity index is 159. The molecule has 6 heteroatoms. The lowest BCUT2D eigenvalue weighted by atomic mass is 10.5. The van der Waals surface area contributed by atoms with Gasteiger partial charge in [0.2, 0.25) is 0 Å². The molecule has 0 spiro atoms. The fourth-order valence-electron chi connectivity index (χ4n) is 1.00. The van der Waals surface area contributed by atoms with Crippen molar-refractivity contribution in [1.82, 2.24) is 0 Å². The van der Waals surface area contributed by atoms with Gasteiger partial charge < -0.3 is 23.7 Å². The Balaban J connectivity index is 2.94. The summed E-state index contributed by atoms with van der Waals surface area (Å²) in [6, 6.07) is 0. The minimum atomic E-state index is -0.171. The lowest BCUT2D eigenvalue weighted by Gasteiger charge is -2.10. The molecule has 0 amide bonds. The molecule has 0 aliphatic carbocycles. The Morgan fingerprint density at radius 2 is 1.28 bits per heavy atom. The first-order valence-corrected chi connectivity index (χ1v) is 6.57. The molecule has 1 unspecified atom stereocenters. The molecule has 1 radical (unpaired) electrons. The molecule has 0 fully saturated rings. The fraction of sp³-hybridized carbons (Fsp3) is 0.917.